The van der Waals surface area contributed by atoms with E-state index in [0.717, 1.165) is 10.0 Å². The lowest BCUT2D eigenvalue weighted by atomic mass is 10.2. The first-order valence-corrected chi connectivity index (χ1v) is 10.2. The van der Waals surface area contributed by atoms with Gasteiger partial charge in [-0.25, -0.2) is 4.98 Å². The first kappa shape index (κ1) is 19.3. The van der Waals surface area contributed by atoms with Gasteiger partial charge in [0.25, 0.3) is 11.5 Å². The van der Waals surface area contributed by atoms with Crippen LogP contribution in [0, 0.1) is 6.92 Å². The summed E-state index contributed by atoms with van der Waals surface area (Å²) in [5.41, 5.74) is 2.19. The van der Waals surface area contributed by atoms with E-state index in [1.807, 2.05) is 43.3 Å². The molecule has 0 bridgehead atoms. The second kappa shape index (κ2) is 8.14. The Morgan fingerprint density at radius 2 is 2.17 bits per heavy atom. The van der Waals surface area contributed by atoms with Crippen molar-refractivity contribution in [1.82, 2.24) is 14.6 Å². The topological polar surface area (TPSA) is 85.6 Å². The molecule has 4 aromatic rings. The minimum absolute atomic E-state index is 0.157. The normalized spacial score (nSPS) is 11.7. The minimum atomic E-state index is -0.271. The lowest BCUT2D eigenvalue weighted by Crippen LogP contribution is -2.24. The van der Waals surface area contributed by atoms with Crippen molar-refractivity contribution in [3.05, 3.63) is 79.3 Å². The molecule has 29 heavy (non-hydrogen) atoms. The molecular formula is C20H15BrN4O3S. The van der Waals surface area contributed by atoms with Crippen LogP contribution in [0.3, 0.4) is 0 Å². The van der Waals surface area contributed by atoms with Gasteiger partial charge in [0.1, 0.15) is 12.1 Å². The van der Waals surface area contributed by atoms with Crippen molar-refractivity contribution < 1.29 is 9.53 Å². The Kier molecular flexibility index (Phi) is 5.41. The monoisotopic (exact) mass is 470 g/mol. The van der Waals surface area contributed by atoms with E-state index in [1.165, 1.54) is 22.2 Å². The van der Waals surface area contributed by atoms with Gasteiger partial charge >= 0.3 is 0 Å². The van der Waals surface area contributed by atoms with Gasteiger partial charge in [-0.1, -0.05) is 39.4 Å². The summed E-state index contributed by atoms with van der Waals surface area (Å²) in [5, 5.41) is 6.72. The molecule has 2 aromatic heterocycles. The summed E-state index contributed by atoms with van der Waals surface area (Å²) in [5.74, 6) is 0.221. The number of hydrogen-bond acceptors (Lipinski definition) is 6. The summed E-state index contributed by atoms with van der Waals surface area (Å²) in [4.78, 5) is 29.2. The van der Waals surface area contributed by atoms with E-state index in [4.69, 9.17) is 4.74 Å². The zero-order valence-corrected chi connectivity index (χ0v) is 17.7. The van der Waals surface area contributed by atoms with E-state index in [-0.39, 0.29) is 18.1 Å². The highest BCUT2D eigenvalue weighted by Crippen LogP contribution is 2.24. The molecule has 2 aromatic carbocycles. The van der Waals surface area contributed by atoms with Crippen LogP contribution in [0.1, 0.15) is 11.1 Å². The number of carbonyl (C=O) groups is 1. The second-order valence-corrected chi connectivity index (χ2v) is 8.18. The van der Waals surface area contributed by atoms with Crippen LogP contribution >= 0.6 is 27.3 Å². The third-order valence-electron chi connectivity index (χ3n) is 4.04. The fourth-order valence-electron chi connectivity index (χ4n) is 2.75. The molecule has 2 heterocycles. The van der Waals surface area contributed by atoms with Crippen LogP contribution in [0.5, 0.6) is 5.75 Å². The van der Waals surface area contributed by atoms with Crippen molar-refractivity contribution in [2.24, 2.45) is 0 Å². The molecule has 0 saturated carbocycles. The number of aromatic nitrogens is 3. The number of rotatable bonds is 5. The van der Waals surface area contributed by atoms with Crippen molar-refractivity contribution in [2.45, 2.75) is 6.92 Å². The fourth-order valence-corrected chi connectivity index (χ4v) is 4.00. The maximum atomic E-state index is 12.4. The number of benzene rings is 2. The Hall–Kier alpha value is -3.04. The van der Waals surface area contributed by atoms with Crippen molar-refractivity contribution in [3.63, 3.8) is 0 Å². The second-order valence-electron chi connectivity index (χ2n) is 6.26. The molecule has 0 spiro atoms. The molecule has 0 atom stereocenters. The maximum Gasteiger partial charge on any atom is 0.291 e. The third-order valence-corrected chi connectivity index (χ3v) is 5.51. The van der Waals surface area contributed by atoms with Crippen LogP contribution in [0.25, 0.3) is 11.0 Å². The van der Waals surface area contributed by atoms with Crippen LogP contribution in [0.15, 0.2) is 58.1 Å². The van der Waals surface area contributed by atoms with E-state index in [2.05, 4.69) is 31.3 Å². The summed E-state index contributed by atoms with van der Waals surface area (Å²) in [6, 6.07) is 12.9. The highest BCUT2D eigenvalue weighted by Gasteiger charge is 2.10. The van der Waals surface area contributed by atoms with E-state index < -0.39 is 0 Å². The van der Waals surface area contributed by atoms with Gasteiger partial charge in [0.05, 0.1) is 4.53 Å². The number of ether oxygens (including phenoxy) is 1. The molecule has 0 saturated heterocycles. The average molecular weight is 471 g/mol. The molecule has 0 aliphatic rings. The molecule has 1 N–H and O–H groups in total. The Morgan fingerprint density at radius 1 is 1.31 bits per heavy atom. The Morgan fingerprint density at radius 3 is 2.97 bits per heavy atom. The van der Waals surface area contributed by atoms with Crippen molar-refractivity contribution >= 4 is 49.9 Å². The van der Waals surface area contributed by atoms with Crippen LogP contribution in [0.4, 0.5) is 5.69 Å². The van der Waals surface area contributed by atoms with E-state index in [1.54, 1.807) is 12.1 Å². The molecule has 0 unspecified atom stereocenters. The Bertz CT molecular complexity index is 1320. The van der Waals surface area contributed by atoms with Crippen LogP contribution < -0.4 is 20.1 Å². The van der Waals surface area contributed by atoms with E-state index in [0.29, 0.717) is 26.5 Å². The highest BCUT2D eigenvalue weighted by atomic mass is 79.9. The maximum absolute atomic E-state index is 12.4. The van der Waals surface area contributed by atoms with Gasteiger partial charge in [0, 0.05) is 15.7 Å². The number of halogens is 1. The zero-order valence-electron chi connectivity index (χ0n) is 15.3. The summed E-state index contributed by atoms with van der Waals surface area (Å²) < 4.78 is 8.28. The highest BCUT2D eigenvalue weighted by molar-refractivity contribution is 9.10. The Labute approximate surface area is 177 Å². The van der Waals surface area contributed by atoms with Gasteiger partial charge in [0.15, 0.2) is 6.61 Å². The largest absolute Gasteiger partial charge is 0.483 e. The molecule has 0 radical (unpaired) electrons. The standard InChI is InChI=1S/C20H15BrN4O3S/c1-12-3-2-4-15(7-12)24-18(26)10-28-16-6-5-14(21)8-13(16)9-17-19(27)25-20(29-17)22-11-23-25/h2-9,11H,10H2,1H3,(H,24,26)/b17-9-. The molecule has 0 aliphatic heterocycles. The van der Waals surface area contributed by atoms with Gasteiger partial charge in [0.2, 0.25) is 4.96 Å². The number of hydrogen-bond donors (Lipinski definition) is 1. The first-order valence-electron chi connectivity index (χ1n) is 8.63. The zero-order chi connectivity index (χ0) is 20.4. The molecule has 9 heteroatoms. The molecular weight excluding hydrogens is 456 g/mol. The van der Waals surface area contributed by atoms with Gasteiger partial charge in [-0.3, -0.25) is 9.59 Å². The summed E-state index contributed by atoms with van der Waals surface area (Å²) in [6.45, 7) is 1.80. The van der Waals surface area contributed by atoms with Gasteiger partial charge in [-0.2, -0.15) is 9.61 Å². The number of anilines is 1. The number of fused-ring (bicyclic) bond motifs is 1. The molecule has 4 rings (SSSR count). The number of amides is 1. The average Bonchev–Trinajstić information content (AvgIpc) is 3.25. The smallest absolute Gasteiger partial charge is 0.291 e. The molecule has 0 fully saturated rings. The predicted octanol–water partition coefficient (Wildman–Crippen LogP) is 2.79. The SMILES string of the molecule is Cc1cccc(NC(=O)COc2ccc(Br)cc2/C=c2\sc3ncnn3c2=O)c1. The summed E-state index contributed by atoms with van der Waals surface area (Å²) in [6.07, 6.45) is 3.05. The molecule has 7 nitrogen and oxygen atoms in total. The van der Waals surface area contributed by atoms with Gasteiger partial charge in [-0.05, 0) is 48.9 Å². The lowest BCUT2D eigenvalue weighted by Gasteiger charge is -2.10. The van der Waals surface area contributed by atoms with Crippen molar-refractivity contribution in [1.29, 1.82) is 0 Å². The van der Waals surface area contributed by atoms with Gasteiger partial charge < -0.3 is 10.1 Å². The number of thiazole rings is 1. The Balaban J connectivity index is 1.56. The van der Waals surface area contributed by atoms with Crippen molar-refractivity contribution in [3.8, 4) is 5.75 Å². The first-order chi connectivity index (χ1) is 14.0. The van der Waals surface area contributed by atoms with Crippen LogP contribution in [-0.2, 0) is 4.79 Å². The third kappa shape index (κ3) is 4.36. The molecule has 146 valence electrons. The van der Waals surface area contributed by atoms with E-state index in [9.17, 15) is 9.59 Å². The van der Waals surface area contributed by atoms with Crippen LogP contribution in [0.2, 0.25) is 0 Å². The molecule has 0 aliphatic carbocycles. The predicted molar refractivity (Wildman–Crippen MR) is 115 cm³/mol. The van der Waals surface area contributed by atoms with E-state index >= 15 is 0 Å². The number of carbonyl (C=O) groups excluding carboxylic acids is 1. The minimum Gasteiger partial charge on any atom is -0.483 e. The number of aryl methyl sites for hydroxylation is 1. The van der Waals surface area contributed by atoms with Crippen molar-refractivity contribution in [2.75, 3.05) is 11.9 Å². The summed E-state index contributed by atoms with van der Waals surface area (Å²) in [7, 11) is 0. The van der Waals surface area contributed by atoms with Crippen LogP contribution in [-0.4, -0.2) is 27.1 Å². The summed E-state index contributed by atoms with van der Waals surface area (Å²) >= 11 is 4.67. The quantitative estimate of drug-likeness (QED) is 0.484. The number of nitrogens with one attached hydrogen (secondary N) is 1. The fraction of sp³-hybridized carbons (Fsp3) is 0.100. The lowest BCUT2D eigenvalue weighted by molar-refractivity contribution is -0.118. The van der Waals surface area contributed by atoms with Gasteiger partial charge in [-0.15, -0.1) is 0 Å². The number of nitrogens with zero attached hydrogens (tertiary/aromatic N) is 3. The molecule has 1 amide bonds.